The van der Waals surface area contributed by atoms with Gasteiger partial charge in [-0.25, -0.2) is 4.68 Å². The van der Waals surface area contributed by atoms with Gasteiger partial charge in [-0.15, -0.1) is 11.3 Å². The van der Waals surface area contributed by atoms with Gasteiger partial charge >= 0.3 is 5.69 Å². The lowest BCUT2D eigenvalue weighted by Crippen LogP contribution is -1.98. The molecule has 0 saturated heterocycles. The van der Waals surface area contributed by atoms with Crippen molar-refractivity contribution in [1.82, 2.24) is 9.78 Å². The zero-order chi connectivity index (χ0) is 21.8. The highest BCUT2D eigenvalue weighted by molar-refractivity contribution is 7.13. The monoisotopic (exact) mass is 434 g/mol. The van der Waals surface area contributed by atoms with Crippen molar-refractivity contribution in [1.29, 1.82) is 0 Å². The summed E-state index contributed by atoms with van der Waals surface area (Å²) in [7, 11) is 0. The molecule has 0 unspecified atom stereocenters. The highest BCUT2D eigenvalue weighted by Gasteiger charge is 2.19. The number of nitro groups is 2. The second-order valence-corrected chi connectivity index (χ2v) is 7.22. The molecular formula is C20H14N6O4S. The maximum atomic E-state index is 11.3. The molecule has 0 bridgehead atoms. The SMILES string of the molecule is O=[N+]([O-])c1ccc(N/N=C/c2cn(-c3ccccc3)nc2-c2cccs2)c([N+](=O)[O-])c1. The minimum absolute atomic E-state index is 0.0416. The Balaban J connectivity index is 1.66. The van der Waals surface area contributed by atoms with E-state index < -0.39 is 15.5 Å². The summed E-state index contributed by atoms with van der Waals surface area (Å²) in [6.45, 7) is 0. The first kappa shape index (κ1) is 19.9. The normalized spacial score (nSPS) is 11.0. The molecule has 4 rings (SSSR count). The number of nitrogens with one attached hydrogen (secondary N) is 1. The van der Waals surface area contributed by atoms with E-state index in [4.69, 9.17) is 0 Å². The summed E-state index contributed by atoms with van der Waals surface area (Å²) in [6, 6.07) is 16.7. The van der Waals surface area contributed by atoms with Crippen LogP contribution in [0.25, 0.3) is 16.3 Å². The fourth-order valence-electron chi connectivity index (χ4n) is 2.85. The number of benzene rings is 2. The van der Waals surface area contributed by atoms with Crippen molar-refractivity contribution in [3.63, 3.8) is 0 Å². The third-order valence-electron chi connectivity index (χ3n) is 4.30. The van der Waals surface area contributed by atoms with Crippen molar-refractivity contribution in [2.24, 2.45) is 5.10 Å². The summed E-state index contributed by atoms with van der Waals surface area (Å²) in [6.07, 6.45) is 3.31. The van der Waals surface area contributed by atoms with Gasteiger partial charge in [0.15, 0.2) is 0 Å². The number of nitro benzene ring substituents is 2. The molecule has 0 fully saturated rings. The average molecular weight is 434 g/mol. The van der Waals surface area contributed by atoms with Crippen LogP contribution in [0.15, 0.2) is 77.3 Å². The van der Waals surface area contributed by atoms with Gasteiger partial charge in [-0.05, 0) is 29.6 Å². The molecule has 0 atom stereocenters. The Bertz CT molecular complexity index is 1270. The standard InChI is InChI=1S/C20H14N6O4S/c27-25(28)16-8-9-17(18(11-16)26(29)30)22-21-12-14-13-24(15-5-2-1-3-6-15)23-20(14)19-7-4-10-31-19/h1-13,22H/b21-12+. The fraction of sp³-hybridized carbons (Fsp3) is 0. The smallest absolute Gasteiger partial charge is 0.272 e. The van der Waals surface area contributed by atoms with E-state index in [2.05, 4.69) is 15.6 Å². The maximum Gasteiger partial charge on any atom is 0.301 e. The molecule has 0 aliphatic heterocycles. The number of hydrogen-bond donors (Lipinski definition) is 1. The predicted molar refractivity (Wildman–Crippen MR) is 118 cm³/mol. The number of nitrogens with zero attached hydrogens (tertiary/aromatic N) is 5. The van der Waals surface area contributed by atoms with E-state index in [1.807, 2.05) is 47.8 Å². The fourth-order valence-corrected chi connectivity index (χ4v) is 3.58. The van der Waals surface area contributed by atoms with Crippen molar-refractivity contribution < 1.29 is 9.85 Å². The second kappa shape index (κ2) is 8.55. The van der Waals surface area contributed by atoms with Crippen LogP contribution in [-0.2, 0) is 0 Å². The Morgan fingerprint density at radius 2 is 1.84 bits per heavy atom. The van der Waals surface area contributed by atoms with E-state index in [0.717, 1.165) is 16.6 Å². The number of rotatable bonds is 7. The molecule has 0 aliphatic carbocycles. The van der Waals surface area contributed by atoms with Crippen molar-refractivity contribution in [3.8, 4) is 16.3 Å². The van der Waals surface area contributed by atoms with E-state index in [1.165, 1.54) is 29.7 Å². The summed E-state index contributed by atoms with van der Waals surface area (Å²) >= 11 is 1.53. The molecule has 4 aromatic rings. The molecule has 11 heteroatoms. The molecule has 2 aromatic carbocycles. The largest absolute Gasteiger partial charge is 0.301 e. The number of non-ortho nitro benzene ring substituents is 1. The van der Waals surface area contributed by atoms with E-state index in [-0.39, 0.29) is 11.4 Å². The molecule has 2 aromatic heterocycles. The van der Waals surface area contributed by atoms with E-state index >= 15 is 0 Å². The zero-order valence-corrected chi connectivity index (χ0v) is 16.6. The third kappa shape index (κ3) is 4.31. The van der Waals surface area contributed by atoms with Gasteiger partial charge in [0, 0.05) is 17.8 Å². The number of thiophene rings is 1. The molecular weight excluding hydrogens is 420 g/mol. The number of para-hydroxylation sites is 1. The summed E-state index contributed by atoms with van der Waals surface area (Å²) < 4.78 is 1.73. The Morgan fingerprint density at radius 3 is 2.52 bits per heavy atom. The Kier molecular flexibility index (Phi) is 5.49. The summed E-state index contributed by atoms with van der Waals surface area (Å²) in [4.78, 5) is 21.7. The Labute approximate surface area is 179 Å². The highest BCUT2D eigenvalue weighted by Crippen LogP contribution is 2.29. The molecule has 0 aliphatic rings. The van der Waals surface area contributed by atoms with Crippen molar-refractivity contribution in [3.05, 3.63) is 98.0 Å². The highest BCUT2D eigenvalue weighted by atomic mass is 32.1. The van der Waals surface area contributed by atoms with Crippen LogP contribution in [-0.4, -0.2) is 25.8 Å². The predicted octanol–water partition coefficient (Wildman–Crippen LogP) is 4.86. The number of hydrazone groups is 1. The van der Waals surface area contributed by atoms with Crippen LogP contribution in [0.5, 0.6) is 0 Å². The van der Waals surface area contributed by atoms with Crippen LogP contribution in [0.4, 0.5) is 17.1 Å². The summed E-state index contributed by atoms with van der Waals surface area (Å²) in [5.41, 5.74) is 4.12. The zero-order valence-electron chi connectivity index (χ0n) is 15.8. The van der Waals surface area contributed by atoms with E-state index in [0.29, 0.717) is 11.3 Å². The lowest BCUT2D eigenvalue weighted by atomic mass is 10.2. The third-order valence-corrected chi connectivity index (χ3v) is 5.17. The first-order valence-corrected chi connectivity index (χ1v) is 9.82. The van der Waals surface area contributed by atoms with Gasteiger partial charge < -0.3 is 0 Å². The van der Waals surface area contributed by atoms with Crippen LogP contribution in [0.1, 0.15) is 5.56 Å². The quantitative estimate of drug-likeness (QED) is 0.251. The maximum absolute atomic E-state index is 11.3. The van der Waals surface area contributed by atoms with Gasteiger partial charge in [0.2, 0.25) is 0 Å². The van der Waals surface area contributed by atoms with Crippen LogP contribution < -0.4 is 5.43 Å². The van der Waals surface area contributed by atoms with Gasteiger partial charge in [-0.2, -0.15) is 10.2 Å². The topological polar surface area (TPSA) is 128 Å². The van der Waals surface area contributed by atoms with E-state index in [1.54, 1.807) is 10.9 Å². The van der Waals surface area contributed by atoms with Gasteiger partial charge in [-0.3, -0.25) is 25.7 Å². The molecule has 0 saturated carbocycles. The van der Waals surface area contributed by atoms with Crippen molar-refractivity contribution in [2.45, 2.75) is 0 Å². The van der Waals surface area contributed by atoms with Gasteiger partial charge in [-0.1, -0.05) is 24.3 Å². The van der Waals surface area contributed by atoms with Crippen LogP contribution >= 0.6 is 11.3 Å². The number of anilines is 1. The lowest BCUT2D eigenvalue weighted by Gasteiger charge is -2.01. The number of hydrogen-bond acceptors (Lipinski definition) is 8. The van der Waals surface area contributed by atoms with Crippen LogP contribution in [0.3, 0.4) is 0 Å². The van der Waals surface area contributed by atoms with Crippen LogP contribution in [0, 0.1) is 20.2 Å². The molecule has 0 spiro atoms. The molecule has 0 amide bonds. The molecule has 1 N–H and O–H groups in total. The van der Waals surface area contributed by atoms with Gasteiger partial charge in [0.25, 0.3) is 5.69 Å². The first-order chi connectivity index (χ1) is 15.0. The van der Waals surface area contributed by atoms with Crippen LogP contribution in [0.2, 0.25) is 0 Å². The second-order valence-electron chi connectivity index (χ2n) is 6.28. The van der Waals surface area contributed by atoms with Crippen molar-refractivity contribution in [2.75, 3.05) is 5.43 Å². The molecule has 10 nitrogen and oxygen atoms in total. The minimum atomic E-state index is -0.699. The first-order valence-electron chi connectivity index (χ1n) is 8.94. The summed E-state index contributed by atoms with van der Waals surface area (Å²) in [5, 5.41) is 32.9. The van der Waals surface area contributed by atoms with Gasteiger partial charge in [0.1, 0.15) is 11.4 Å². The van der Waals surface area contributed by atoms with Gasteiger partial charge in [0.05, 0.1) is 32.7 Å². The van der Waals surface area contributed by atoms with E-state index in [9.17, 15) is 20.2 Å². The molecule has 2 heterocycles. The average Bonchev–Trinajstić information content (AvgIpc) is 3.44. The molecule has 31 heavy (non-hydrogen) atoms. The number of aromatic nitrogens is 2. The van der Waals surface area contributed by atoms with Crippen molar-refractivity contribution >= 4 is 34.6 Å². The molecule has 154 valence electrons. The summed E-state index contributed by atoms with van der Waals surface area (Å²) in [5.74, 6) is 0. The lowest BCUT2D eigenvalue weighted by molar-refractivity contribution is -0.393. The minimum Gasteiger partial charge on any atom is -0.272 e. The Morgan fingerprint density at radius 1 is 1.03 bits per heavy atom. The Hall–Kier alpha value is -4.38. The molecule has 0 radical (unpaired) electrons.